The molecule has 1 fully saturated rings. The summed E-state index contributed by atoms with van der Waals surface area (Å²) in [6.07, 6.45) is 4.49. The lowest BCUT2D eigenvalue weighted by Crippen LogP contribution is -3.28. The largest absolute Gasteiger partial charge is 0.322 e. The van der Waals surface area contributed by atoms with Crippen LogP contribution in [0.1, 0.15) is 16.7 Å². The summed E-state index contributed by atoms with van der Waals surface area (Å²) in [6, 6.07) is 26.5. The van der Waals surface area contributed by atoms with Gasteiger partial charge in [0.2, 0.25) is 0 Å². The van der Waals surface area contributed by atoms with Crippen LogP contribution >= 0.6 is 0 Å². The van der Waals surface area contributed by atoms with Crippen molar-refractivity contribution in [1.82, 2.24) is 0 Å². The van der Waals surface area contributed by atoms with E-state index in [1.165, 1.54) is 16.0 Å². The molecule has 2 N–H and O–H groups in total. The van der Waals surface area contributed by atoms with Gasteiger partial charge in [0.15, 0.2) is 6.67 Å². The fourth-order valence-electron chi connectivity index (χ4n) is 4.74. The lowest BCUT2D eigenvalue weighted by molar-refractivity contribution is -1.01. The first-order valence-corrected chi connectivity index (χ1v) is 12.1. The van der Waals surface area contributed by atoms with Crippen molar-refractivity contribution in [2.45, 2.75) is 6.92 Å². The standard InChI is InChI=1S/C29H30N4O/c1-23-13-15-25(16-14-23)30-28-26-11-5-6-12-27(26)33(29(28)34)22-32-20-18-31(19-21-32)17-7-10-24-8-3-2-4-9-24/h2-16H,17-22H2,1H3/p+2. The number of nitrogens with one attached hydrogen (secondary N) is 2. The summed E-state index contributed by atoms with van der Waals surface area (Å²) in [6.45, 7) is 8.14. The number of fused-ring (bicyclic) bond motifs is 1. The highest BCUT2D eigenvalue weighted by atomic mass is 16.2. The number of para-hydroxylation sites is 1. The Morgan fingerprint density at radius 1 is 0.853 bits per heavy atom. The molecule has 0 radical (unpaired) electrons. The van der Waals surface area contributed by atoms with E-state index in [2.05, 4.69) is 43.3 Å². The molecule has 172 valence electrons. The van der Waals surface area contributed by atoms with E-state index in [-0.39, 0.29) is 5.91 Å². The first kappa shape index (κ1) is 22.3. The third-order valence-electron chi connectivity index (χ3n) is 6.73. The van der Waals surface area contributed by atoms with E-state index >= 15 is 0 Å². The number of benzene rings is 3. The first-order chi connectivity index (χ1) is 16.7. The molecule has 1 amide bonds. The van der Waals surface area contributed by atoms with E-state index in [0.29, 0.717) is 12.4 Å². The van der Waals surface area contributed by atoms with Crippen LogP contribution < -0.4 is 14.7 Å². The molecule has 5 heteroatoms. The number of quaternary nitrogens is 2. The highest BCUT2D eigenvalue weighted by molar-refractivity contribution is 6.54. The van der Waals surface area contributed by atoms with Crippen LogP contribution in [-0.2, 0) is 4.79 Å². The van der Waals surface area contributed by atoms with Gasteiger partial charge in [0.05, 0.1) is 17.9 Å². The van der Waals surface area contributed by atoms with Crippen LogP contribution in [0.5, 0.6) is 0 Å². The molecule has 0 saturated carbocycles. The zero-order valence-corrected chi connectivity index (χ0v) is 19.7. The molecule has 0 bridgehead atoms. The van der Waals surface area contributed by atoms with Gasteiger partial charge in [0, 0.05) is 5.56 Å². The number of carbonyl (C=O) groups excluding carboxylic acids is 1. The summed E-state index contributed by atoms with van der Waals surface area (Å²) in [7, 11) is 0. The molecule has 1 saturated heterocycles. The number of hydrogen-bond donors (Lipinski definition) is 2. The maximum Gasteiger partial charge on any atom is 0.281 e. The van der Waals surface area contributed by atoms with Crippen molar-refractivity contribution in [3.05, 3.63) is 102 Å². The monoisotopic (exact) mass is 452 g/mol. The molecule has 5 nitrogen and oxygen atoms in total. The Kier molecular flexibility index (Phi) is 6.65. The van der Waals surface area contributed by atoms with Crippen LogP contribution in [0.4, 0.5) is 11.4 Å². The van der Waals surface area contributed by atoms with E-state index in [1.807, 2.05) is 59.5 Å². The molecule has 0 atom stereocenters. The van der Waals surface area contributed by atoms with Crippen LogP contribution in [0, 0.1) is 6.92 Å². The highest BCUT2D eigenvalue weighted by Gasteiger charge is 2.37. The van der Waals surface area contributed by atoms with Crippen LogP contribution in [0.15, 0.2) is 89.9 Å². The Morgan fingerprint density at radius 3 is 2.29 bits per heavy atom. The van der Waals surface area contributed by atoms with Gasteiger partial charge in [-0.25, -0.2) is 4.99 Å². The molecule has 0 aromatic heterocycles. The van der Waals surface area contributed by atoms with Gasteiger partial charge in [0.1, 0.15) is 31.9 Å². The van der Waals surface area contributed by atoms with E-state index in [0.717, 1.165) is 49.7 Å². The number of anilines is 1. The Bertz CT molecular complexity index is 1190. The van der Waals surface area contributed by atoms with Gasteiger partial charge in [-0.3, -0.25) is 9.69 Å². The van der Waals surface area contributed by atoms with Crippen molar-refractivity contribution in [3.63, 3.8) is 0 Å². The van der Waals surface area contributed by atoms with Gasteiger partial charge in [-0.1, -0.05) is 72.3 Å². The maximum absolute atomic E-state index is 13.4. The molecule has 3 aromatic carbocycles. The van der Waals surface area contributed by atoms with Gasteiger partial charge < -0.3 is 9.80 Å². The SMILES string of the molecule is Cc1ccc(N=C2C(=O)N(C[NH+]3CC[NH+](CC=Cc4ccccc4)CC3)c3ccccc32)cc1. The average Bonchev–Trinajstić information content (AvgIpc) is 3.13. The number of aliphatic imine (C=N–C) groups is 1. The molecular formula is C29H32N4O+2. The Hall–Kier alpha value is -3.54. The van der Waals surface area contributed by atoms with E-state index in [9.17, 15) is 4.79 Å². The molecule has 2 heterocycles. The second kappa shape index (κ2) is 10.2. The minimum atomic E-state index is 0.00912. The van der Waals surface area contributed by atoms with Crippen molar-refractivity contribution in [1.29, 1.82) is 0 Å². The van der Waals surface area contributed by atoms with E-state index in [1.54, 1.807) is 4.90 Å². The summed E-state index contributed by atoms with van der Waals surface area (Å²) in [5.74, 6) is 0.00912. The quantitative estimate of drug-likeness (QED) is 0.590. The number of piperazine rings is 1. The van der Waals surface area contributed by atoms with E-state index in [4.69, 9.17) is 4.99 Å². The van der Waals surface area contributed by atoms with Gasteiger partial charge >= 0.3 is 0 Å². The summed E-state index contributed by atoms with van der Waals surface area (Å²) >= 11 is 0. The van der Waals surface area contributed by atoms with Crippen LogP contribution in [0.3, 0.4) is 0 Å². The lowest BCUT2D eigenvalue weighted by Gasteiger charge is -2.31. The number of aryl methyl sites for hydroxylation is 1. The van der Waals surface area contributed by atoms with Gasteiger partial charge in [-0.2, -0.15) is 0 Å². The topological polar surface area (TPSA) is 41.5 Å². The molecule has 0 aliphatic carbocycles. The fraction of sp³-hybridized carbons (Fsp3) is 0.241. The van der Waals surface area contributed by atoms with E-state index < -0.39 is 0 Å². The Labute approximate surface area is 201 Å². The minimum absolute atomic E-state index is 0.00912. The second-order valence-corrected chi connectivity index (χ2v) is 9.22. The highest BCUT2D eigenvalue weighted by Crippen LogP contribution is 2.30. The summed E-state index contributed by atoms with van der Waals surface area (Å²) < 4.78 is 0. The molecule has 3 aromatic rings. The van der Waals surface area contributed by atoms with Gasteiger partial charge in [-0.05, 0) is 36.8 Å². The number of rotatable bonds is 6. The third kappa shape index (κ3) is 5.01. The van der Waals surface area contributed by atoms with Crippen LogP contribution in [0.25, 0.3) is 6.08 Å². The molecule has 34 heavy (non-hydrogen) atoms. The molecule has 2 aliphatic rings. The lowest BCUT2D eigenvalue weighted by atomic mass is 10.1. The van der Waals surface area contributed by atoms with Crippen molar-refractivity contribution in [3.8, 4) is 0 Å². The normalized spacial score (nSPS) is 21.4. The smallest absolute Gasteiger partial charge is 0.281 e. The van der Waals surface area contributed by atoms with Crippen molar-refractivity contribution in [2.24, 2.45) is 4.99 Å². The molecule has 0 unspecified atom stereocenters. The molecule has 2 aliphatic heterocycles. The van der Waals surface area contributed by atoms with Crippen LogP contribution in [0.2, 0.25) is 0 Å². The zero-order valence-electron chi connectivity index (χ0n) is 19.7. The number of amides is 1. The molecule has 0 spiro atoms. The molecular weight excluding hydrogens is 420 g/mol. The average molecular weight is 453 g/mol. The number of hydrogen-bond acceptors (Lipinski definition) is 2. The minimum Gasteiger partial charge on any atom is -0.322 e. The third-order valence-corrected chi connectivity index (χ3v) is 6.73. The first-order valence-electron chi connectivity index (χ1n) is 12.1. The predicted octanol–water partition coefficient (Wildman–Crippen LogP) is 1.92. The zero-order chi connectivity index (χ0) is 23.3. The molecule has 5 rings (SSSR count). The summed E-state index contributed by atoms with van der Waals surface area (Å²) in [5.41, 5.74) is 5.71. The maximum atomic E-state index is 13.4. The fourth-order valence-corrected chi connectivity index (χ4v) is 4.74. The Morgan fingerprint density at radius 2 is 1.53 bits per heavy atom. The number of nitrogens with zero attached hydrogens (tertiary/aromatic N) is 2. The van der Waals surface area contributed by atoms with Crippen molar-refractivity contribution in [2.75, 3.05) is 44.3 Å². The van der Waals surface area contributed by atoms with Crippen LogP contribution in [-0.4, -0.2) is 51.0 Å². The summed E-state index contributed by atoms with van der Waals surface area (Å²) in [5, 5.41) is 0. The predicted molar refractivity (Wildman–Crippen MR) is 138 cm³/mol. The number of carbonyl (C=O) groups is 1. The Balaban J connectivity index is 1.22. The van der Waals surface area contributed by atoms with Gasteiger partial charge in [-0.15, -0.1) is 0 Å². The second-order valence-electron chi connectivity index (χ2n) is 9.22. The van der Waals surface area contributed by atoms with Gasteiger partial charge in [0.25, 0.3) is 5.91 Å². The van der Waals surface area contributed by atoms with Crippen molar-refractivity contribution >= 4 is 29.1 Å². The van der Waals surface area contributed by atoms with Crippen molar-refractivity contribution < 1.29 is 14.6 Å². The summed E-state index contributed by atoms with van der Waals surface area (Å²) in [4.78, 5) is 23.1.